The van der Waals surface area contributed by atoms with Crippen molar-refractivity contribution in [1.29, 1.82) is 0 Å². The molecule has 0 aromatic rings. The van der Waals surface area contributed by atoms with Gasteiger partial charge in [-0.25, -0.2) is 0 Å². The fourth-order valence-corrected chi connectivity index (χ4v) is 2.93. The second-order valence-corrected chi connectivity index (χ2v) is 4.31. The van der Waals surface area contributed by atoms with E-state index in [1.54, 1.807) is 0 Å². The summed E-state index contributed by atoms with van der Waals surface area (Å²) >= 11 is 0. The third kappa shape index (κ3) is 1.68. The van der Waals surface area contributed by atoms with Gasteiger partial charge >= 0.3 is 6.18 Å². The Hall–Kier alpha value is -0.250. The molecule has 1 N–H and O–H groups in total. The van der Waals surface area contributed by atoms with Gasteiger partial charge in [0, 0.05) is 6.42 Å². The summed E-state index contributed by atoms with van der Waals surface area (Å²) in [6, 6.07) is 0. The molecule has 1 nitrogen and oxygen atoms in total. The van der Waals surface area contributed by atoms with E-state index in [4.69, 9.17) is 0 Å². The minimum atomic E-state index is -4.11. The van der Waals surface area contributed by atoms with Crippen LogP contribution in [0.5, 0.6) is 0 Å². The van der Waals surface area contributed by atoms with Gasteiger partial charge in [0.2, 0.25) is 0 Å². The van der Waals surface area contributed by atoms with E-state index in [-0.39, 0.29) is 11.8 Å². The van der Waals surface area contributed by atoms with Gasteiger partial charge in [0.25, 0.3) is 0 Å². The Bertz CT molecular complexity index is 200. The van der Waals surface area contributed by atoms with Crippen molar-refractivity contribution in [2.24, 2.45) is 17.8 Å². The summed E-state index contributed by atoms with van der Waals surface area (Å²) in [7, 11) is 0. The van der Waals surface area contributed by atoms with Gasteiger partial charge in [0.15, 0.2) is 0 Å². The third-order valence-corrected chi connectivity index (χ3v) is 3.51. The molecule has 0 aromatic carbocycles. The Morgan fingerprint density at radius 1 is 1.15 bits per heavy atom. The van der Waals surface area contributed by atoms with Crippen LogP contribution in [0.4, 0.5) is 13.2 Å². The van der Waals surface area contributed by atoms with Gasteiger partial charge in [0.1, 0.15) is 0 Å². The van der Waals surface area contributed by atoms with E-state index >= 15 is 0 Å². The second kappa shape index (κ2) is 2.87. The minimum absolute atomic E-state index is 0.127. The Labute approximate surface area is 74.9 Å². The highest BCUT2D eigenvalue weighted by atomic mass is 19.4. The normalized spacial score (nSPS) is 44.3. The molecule has 76 valence electrons. The number of aliphatic hydroxyl groups is 1. The highest BCUT2D eigenvalue weighted by Gasteiger charge is 2.50. The van der Waals surface area contributed by atoms with Crippen LogP contribution in [0.1, 0.15) is 25.7 Å². The van der Waals surface area contributed by atoms with E-state index in [2.05, 4.69) is 0 Å². The molecule has 0 saturated heterocycles. The fraction of sp³-hybridized carbons (Fsp3) is 1.00. The smallest absolute Gasteiger partial charge is 0.389 e. The summed E-state index contributed by atoms with van der Waals surface area (Å²) in [6.07, 6.45) is -3.00. The van der Waals surface area contributed by atoms with Gasteiger partial charge in [0.05, 0.1) is 6.10 Å². The van der Waals surface area contributed by atoms with Gasteiger partial charge < -0.3 is 5.11 Å². The Kier molecular flexibility index (Phi) is 2.06. The van der Waals surface area contributed by atoms with Crippen LogP contribution >= 0.6 is 0 Å². The van der Waals surface area contributed by atoms with Crippen molar-refractivity contribution >= 4 is 0 Å². The van der Waals surface area contributed by atoms with Crippen LogP contribution in [-0.2, 0) is 0 Å². The lowest BCUT2D eigenvalue weighted by Gasteiger charge is -2.27. The lowest BCUT2D eigenvalue weighted by molar-refractivity contribution is -0.157. The average molecular weight is 194 g/mol. The zero-order valence-electron chi connectivity index (χ0n) is 7.22. The first-order valence-electron chi connectivity index (χ1n) is 4.72. The molecule has 2 aliphatic carbocycles. The highest BCUT2D eigenvalue weighted by Crippen LogP contribution is 2.51. The quantitative estimate of drug-likeness (QED) is 0.679. The van der Waals surface area contributed by atoms with Crippen molar-refractivity contribution in [2.75, 3.05) is 0 Å². The average Bonchev–Trinajstić information content (AvgIpc) is 2.51. The number of rotatable bonds is 1. The standard InChI is InChI=1S/C9H13F3O/c10-9(11,12)4-7-5-1-2-6(3-5)8(7)13/h5-8,13H,1-4H2/t5-,6+,7+,8-/m1/s1. The summed E-state index contributed by atoms with van der Waals surface area (Å²) in [5, 5.41) is 9.54. The first-order chi connectivity index (χ1) is 5.97. The number of alkyl halides is 3. The van der Waals surface area contributed by atoms with E-state index in [9.17, 15) is 18.3 Å². The molecular weight excluding hydrogens is 181 g/mol. The SMILES string of the molecule is O[C@@H]1[C@H]2CC[C@H](C2)[C@@H]1CC(F)(F)F. The van der Waals surface area contributed by atoms with Gasteiger partial charge in [-0.2, -0.15) is 13.2 Å². The molecule has 4 atom stereocenters. The predicted octanol–water partition coefficient (Wildman–Crippen LogP) is 2.35. The van der Waals surface area contributed by atoms with Crippen LogP contribution in [0.2, 0.25) is 0 Å². The number of fused-ring (bicyclic) bond motifs is 2. The molecule has 0 aliphatic heterocycles. The van der Waals surface area contributed by atoms with Crippen molar-refractivity contribution in [3.63, 3.8) is 0 Å². The molecule has 0 radical (unpaired) electrons. The van der Waals surface area contributed by atoms with Crippen LogP contribution in [0, 0.1) is 17.8 Å². The summed E-state index contributed by atoms with van der Waals surface area (Å²) in [6.45, 7) is 0. The molecule has 2 fully saturated rings. The molecule has 2 bridgehead atoms. The largest absolute Gasteiger partial charge is 0.393 e. The lowest BCUT2D eigenvalue weighted by atomic mass is 9.84. The first-order valence-corrected chi connectivity index (χ1v) is 4.72. The molecular formula is C9H13F3O. The van der Waals surface area contributed by atoms with Gasteiger partial charge in [-0.1, -0.05) is 0 Å². The van der Waals surface area contributed by atoms with Crippen LogP contribution in [0.3, 0.4) is 0 Å². The molecule has 2 rings (SSSR count). The Morgan fingerprint density at radius 2 is 1.77 bits per heavy atom. The molecule has 0 spiro atoms. The first kappa shape index (κ1) is 9.31. The van der Waals surface area contributed by atoms with Crippen molar-refractivity contribution < 1.29 is 18.3 Å². The summed E-state index contributed by atoms with van der Waals surface area (Å²) in [5.74, 6) is -0.238. The molecule has 4 heteroatoms. The Balaban J connectivity index is 2.00. The van der Waals surface area contributed by atoms with E-state index in [1.807, 2.05) is 0 Å². The summed E-state index contributed by atoms with van der Waals surface area (Å²) < 4.78 is 36.3. The maximum absolute atomic E-state index is 12.1. The molecule has 0 unspecified atom stereocenters. The fourth-order valence-electron chi connectivity index (χ4n) is 2.93. The zero-order chi connectivity index (χ0) is 9.64. The molecule has 0 heterocycles. The summed E-state index contributed by atoms with van der Waals surface area (Å²) in [5.41, 5.74) is 0. The maximum atomic E-state index is 12.1. The monoisotopic (exact) mass is 194 g/mol. The van der Waals surface area contributed by atoms with Crippen molar-refractivity contribution in [3.8, 4) is 0 Å². The maximum Gasteiger partial charge on any atom is 0.389 e. The summed E-state index contributed by atoms with van der Waals surface area (Å²) in [4.78, 5) is 0. The van der Waals surface area contributed by atoms with Gasteiger partial charge in [-0.15, -0.1) is 0 Å². The number of hydrogen-bond acceptors (Lipinski definition) is 1. The second-order valence-electron chi connectivity index (χ2n) is 4.31. The van der Waals surface area contributed by atoms with Crippen molar-refractivity contribution in [2.45, 2.75) is 38.0 Å². The minimum Gasteiger partial charge on any atom is -0.393 e. The predicted molar refractivity (Wildman–Crippen MR) is 41.0 cm³/mol. The van der Waals surface area contributed by atoms with Crippen LogP contribution in [0.25, 0.3) is 0 Å². The molecule has 0 amide bonds. The van der Waals surface area contributed by atoms with E-state index in [1.165, 1.54) is 0 Å². The topological polar surface area (TPSA) is 20.2 Å². The molecule has 2 aliphatic rings. The van der Waals surface area contributed by atoms with Crippen LogP contribution in [0.15, 0.2) is 0 Å². The van der Waals surface area contributed by atoms with Crippen molar-refractivity contribution in [3.05, 3.63) is 0 Å². The number of aliphatic hydroxyl groups excluding tert-OH is 1. The van der Waals surface area contributed by atoms with Crippen LogP contribution < -0.4 is 0 Å². The van der Waals surface area contributed by atoms with E-state index in [0.29, 0.717) is 0 Å². The van der Waals surface area contributed by atoms with Gasteiger partial charge in [-0.3, -0.25) is 0 Å². The van der Waals surface area contributed by atoms with Gasteiger partial charge in [-0.05, 0) is 37.0 Å². The molecule has 2 saturated carbocycles. The van der Waals surface area contributed by atoms with Crippen LogP contribution in [-0.4, -0.2) is 17.4 Å². The van der Waals surface area contributed by atoms with E-state index < -0.39 is 24.6 Å². The number of hydrogen-bond donors (Lipinski definition) is 1. The molecule has 0 aromatic heterocycles. The highest BCUT2D eigenvalue weighted by molar-refractivity contribution is 4.97. The zero-order valence-corrected chi connectivity index (χ0v) is 7.22. The number of halogens is 3. The van der Waals surface area contributed by atoms with E-state index in [0.717, 1.165) is 19.3 Å². The lowest BCUT2D eigenvalue weighted by Crippen LogP contribution is -2.31. The third-order valence-electron chi connectivity index (χ3n) is 3.51. The van der Waals surface area contributed by atoms with Crippen molar-refractivity contribution in [1.82, 2.24) is 0 Å². The molecule has 13 heavy (non-hydrogen) atoms. The Morgan fingerprint density at radius 3 is 2.23 bits per heavy atom.